The van der Waals surface area contributed by atoms with Crippen molar-refractivity contribution in [3.8, 4) is 11.9 Å². The van der Waals surface area contributed by atoms with Gasteiger partial charge in [0, 0.05) is 25.9 Å². The standard InChI is InChI=1S/C27H27ClN8O3/c1-14(2)22(33-18-12-32-27(31-3)34-24(18)39-5)20-21(30)26(38)36(19-10-17(28)13-35(4)25(19)37)23(20)16-8-6-15(11-29)7-9-16/h6-10,12-14,23H,30H2,1-5H3,(H,31,32,34). The fourth-order valence-electron chi connectivity index (χ4n) is 4.38. The van der Waals surface area contributed by atoms with Crippen molar-refractivity contribution in [3.05, 3.63) is 80.5 Å². The number of nitriles is 1. The van der Waals surface area contributed by atoms with E-state index < -0.39 is 17.5 Å². The zero-order chi connectivity index (χ0) is 28.4. The Kier molecular flexibility index (Phi) is 7.69. The maximum absolute atomic E-state index is 13.8. The van der Waals surface area contributed by atoms with Gasteiger partial charge >= 0.3 is 0 Å². The summed E-state index contributed by atoms with van der Waals surface area (Å²) in [6.45, 7) is 3.83. The van der Waals surface area contributed by atoms with Crippen LogP contribution in [0.3, 0.4) is 0 Å². The fourth-order valence-corrected chi connectivity index (χ4v) is 4.63. The number of benzene rings is 1. The van der Waals surface area contributed by atoms with Crippen LogP contribution in [-0.4, -0.2) is 40.3 Å². The van der Waals surface area contributed by atoms with E-state index in [1.165, 1.54) is 35.0 Å². The van der Waals surface area contributed by atoms with Gasteiger partial charge in [-0.1, -0.05) is 37.6 Å². The van der Waals surface area contributed by atoms with Crippen molar-refractivity contribution < 1.29 is 9.53 Å². The number of nitrogens with two attached hydrogens (primary N) is 1. The zero-order valence-corrected chi connectivity index (χ0v) is 22.8. The number of carbonyl (C=O) groups is 1. The van der Waals surface area contributed by atoms with E-state index in [2.05, 4.69) is 21.4 Å². The Hall–Kier alpha value is -4.69. The summed E-state index contributed by atoms with van der Waals surface area (Å²) in [6, 6.07) is 9.42. The molecule has 1 aromatic carbocycles. The van der Waals surface area contributed by atoms with Crippen molar-refractivity contribution >= 4 is 40.5 Å². The molecule has 1 aliphatic rings. The van der Waals surface area contributed by atoms with Gasteiger partial charge in [0.2, 0.25) is 11.8 Å². The minimum absolute atomic E-state index is 0.0599. The summed E-state index contributed by atoms with van der Waals surface area (Å²) in [5.41, 5.74) is 8.38. The van der Waals surface area contributed by atoms with Gasteiger partial charge < -0.3 is 20.4 Å². The average molecular weight is 547 g/mol. The van der Waals surface area contributed by atoms with E-state index in [1.54, 1.807) is 38.4 Å². The second-order valence-electron chi connectivity index (χ2n) is 9.09. The van der Waals surface area contributed by atoms with Crippen molar-refractivity contribution in [2.75, 3.05) is 24.4 Å². The SMILES string of the molecule is CNc1ncc(N=C(C2=C(N)C(=O)N(c3cc(Cl)cn(C)c3=O)C2c2ccc(C#N)cc2)C(C)C)c(OC)n1. The first-order chi connectivity index (χ1) is 18.6. The number of nitrogens with zero attached hydrogens (tertiary/aromatic N) is 6. The van der Waals surface area contributed by atoms with Crippen molar-refractivity contribution in [2.24, 2.45) is 23.7 Å². The predicted octanol–water partition coefficient (Wildman–Crippen LogP) is 3.48. The molecule has 11 nitrogen and oxygen atoms in total. The minimum Gasteiger partial charge on any atom is -0.479 e. The first kappa shape index (κ1) is 27.3. The number of halogens is 1. The number of rotatable bonds is 7. The number of amides is 1. The lowest BCUT2D eigenvalue weighted by Gasteiger charge is -2.28. The van der Waals surface area contributed by atoms with Crippen molar-refractivity contribution in [2.45, 2.75) is 19.9 Å². The number of nitrogens with one attached hydrogen (secondary N) is 1. The monoisotopic (exact) mass is 546 g/mol. The van der Waals surface area contributed by atoms with Crippen LogP contribution < -0.4 is 26.2 Å². The van der Waals surface area contributed by atoms with Crippen LogP contribution in [0.15, 0.2) is 63.8 Å². The second kappa shape index (κ2) is 11.0. The van der Waals surface area contributed by atoms with Gasteiger partial charge in [-0.15, -0.1) is 0 Å². The topological polar surface area (TPSA) is 152 Å². The van der Waals surface area contributed by atoms with Crippen molar-refractivity contribution in [1.82, 2.24) is 14.5 Å². The van der Waals surface area contributed by atoms with E-state index in [1.807, 2.05) is 13.8 Å². The number of aliphatic imine (C=N–C) groups is 1. The van der Waals surface area contributed by atoms with Crippen molar-refractivity contribution in [3.63, 3.8) is 0 Å². The van der Waals surface area contributed by atoms with Gasteiger partial charge in [0.1, 0.15) is 17.1 Å². The molecule has 0 spiro atoms. The van der Waals surface area contributed by atoms with E-state index in [-0.39, 0.29) is 28.2 Å². The molecular weight excluding hydrogens is 520 g/mol. The first-order valence-corrected chi connectivity index (χ1v) is 12.4. The molecule has 1 amide bonds. The Morgan fingerprint density at radius 3 is 2.56 bits per heavy atom. The third kappa shape index (κ3) is 5.06. The molecule has 1 aliphatic heterocycles. The molecule has 0 fully saturated rings. The number of aromatic nitrogens is 3. The molecule has 12 heteroatoms. The molecule has 3 N–H and O–H groups in total. The first-order valence-electron chi connectivity index (χ1n) is 12.0. The number of hydrogen-bond donors (Lipinski definition) is 2. The number of ether oxygens (including phenoxy) is 1. The maximum Gasteiger partial charge on any atom is 0.275 e. The number of carbonyl (C=O) groups excluding carboxylic acids is 1. The van der Waals surface area contributed by atoms with Crippen LogP contribution in [-0.2, 0) is 11.8 Å². The summed E-state index contributed by atoms with van der Waals surface area (Å²) in [6.07, 6.45) is 2.97. The number of anilines is 2. The molecule has 3 heterocycles. The molecule has 0 radical (unpaired) electrons. The lowest BCUT2D eigenvalue weighted by molar-refractivity contribution is -0.114. The molecule has 0 saturated carbocycles. The van der Waals surface area contributed by atoms with Gasteiger partial charge in [0.25, 0.3) is 11.5 Å². The van der Waals surface area contributed by atoms with Crippen molar-refractivity contribution in [1.29, 1.82) is 5.26 Å². The Morgan fingerprint density at radius 2 is 1.97 bits per heavy atom. The van der Waals surface area contributed by atoms with Gasteiger partial charge in [0.05, 0.1) is 41.7 Å². The number of pyridine rings is 1. The van der Waals surface area contributed by atoms with E-state index in [0.717, 1.165) is 0 Å². The largest absolute Gasteiger partial charge is 0.479 e. The molecule has 0 saturated heterocycles. The Bertz CT molecular complexity index is 1600. The van der Waals surface area contributed by atoms with E-state index in [4.69, 9.17) is 27.1 Å². The predicted molar refractivity (Wildman–Crippen MR) is 149 cm³/mol. The number of aryl methyl sites for hydroxylation is 1. The summed E-state index contributed by atoms with van der Waals surface area (Å²) in [4.78, 5) is 41.7. The summed E-state index contributed by atoms with van der Waals surface area (Å²) >= 11 is 6.30. The molecule has 2 aromatic heterocycles. The van der Waals surface area contributed by atoms with Crippen LogP contribution in [0, 0.1) is 17.2 Å². The quantitative estimate of drug-likeness (QED) is 0.427. The van der Waals surface area contributed by atoms with E-state index in [0.29, 0.717) is 34.0 Å². The van der Waals surface area contributed by atoms with Crippen LogP contribution in [0.4, 0.5) is 17.3 Å². The van der Waals surface area contributed by atoms with E-state index in [9.17, 15) is 14.9 Å². The minimum atomic E-state index is -0.832. The van der Waals surface area contributed by atoms with Crippen LogP contribution in [0.5, 0.6) is 5.88 Å². The molecule has 1 unspecified atom stereocenters. The Balaban J connectivity index is 1.99. The third-order valence-electron chi connectivity index (χ3n) is 6.23. The Labute approximate surface area is 230 Å². The molecule has 4 rings (SSSR count). The van der Waals surface area contributed by atoms with E-state index >= 15 is 0 Å². The van der Waals surface area contributed by atoms with Crippen LogP contribution >= 0.6 is 11.6 Å². The third-order valence-corrected chi connectivity index (χ3v) is 6.44. The lowest BCUT2D eigenvalue weighted by Crippen LogP contribution is -2.37. The Morgan fingerprint density at radius 1 is 1.28 bits per heavy atom. The summed E-state index contributed by atoms with van der Waals surface area (Å²) in [5.74, 6) is -0.208. The second-order valence-corrected chi connectivity index (χ2v) is 9.52. The summed E-state index contributed by atoms with van der Waals surface area (Å²) in [7, 11) is 4.71. The number of methoxy groups -OCH3 is 1. The van der Waals surface area contributed by atoms with Crippen LogP contribution in [0.25, 0.3) is 0 Å². The highest BCUT2D eigenvalue weighted by Gasteiger charge is 2.43. The normalized spacial score (nSPS) is 15.6. The van der Waals surface area contributed by atoms with Gasteiger partial charge in [-0.2, -0.15) is 10.2 Å². The smallest absolute Gasteiger partial charge is 0.275 e. The molecule has 0 aliphatic carbocycles. The molecule has 39 heavy (non-hydrogen) atoms. The summed E-state index contributed by atoms with van der Waals surface area (Å²) < 4.78 is 6.74. The molecule has 3 aromatic rings. The fraction of sp³-hybridized carbons (Fsp3) is 0.259. The van der Waals surface area contributed by atoms with Gasteiger partial charge in [-0.25, -0.2) is 9.98 Å². The molecule has 1 atom stereocenters. The van der Waals surface area contributed by atoms with Gasteiger partial charge in [-0.3, -0.25) is 14.5 Å². The highest BCUT2D eigenvalue weighted by molar-refractivity contribution is 6.31. The number of hydrogen-bond acceptors (Lipinski definition) is 9. The average Bonchev–Trinajstić information content (AvgIpc) is 3.18. The molecule has 200 valence electrons. The van der Waals surface area contributed by atoms with Gasteiger partial charge in [-0.05, 0) is 29.7 Å². The highest BCUT2D eigenvalue weighted by Crippen LogP contribution is 2.42. The molecule has 0 bridgehead atoms. The highest BCUT2D eigenvalue weighted by atomic mass is 35.5. The van der Waals surface area contributed by atoms with Crippen LogP contribution in [0.2, 0.25) is 5.02 Å². The summed E-state index contributed by atoms with van der Waals surface area (Å²) in [5, 5.41) is 12.4. The lowest BCUT2D eigenvalue weighted by atomic mass is 9.89. The zero-order valence-electron chi connectivity index (χ0n) is 22.1. The maximum atomic E-state index is 13.8. The van der Waals surface area contributed by atoms with Crippen LogP contribution in [0.1, 0.15) is 31.0 Å². The molecular formula is C27H27ClN8O3. The van der Waals surface area contributed by atoms with Gasteiger partial charge in [0.15, 0.2) is 0 Å².